The Labute approximate surface area is 202 Å². The van der Waals surface area contributed by atoms with Crippen molar-refractivity contribution >= 4 is 28.0 Å². The van der Waals surface area contributed by atoms with Gasteiger partial charge in [-0.1, -0.05) is 11.8 Å². The Bertz CT molecular complexity index is 1200. The third kappa shape index (κ3) is 5.37. The molecule has 0 radical (unpaired) electrons. The highest BCUT2D eigenvalue weighted by molar-refractivity contribution is 8.26. The average molecular weight is 511 g/mol. The molecule has 8 nitrogen and oxygen atoms in total. The number of carbonyl (C=O) groups excluding carboxylic acids is 1. The van der Waals surface area contributed by atoms with Gasteiger partial charge in [-0.25, -0.2) is 18.2 Å². The zero-order chi connectivity index (χ0) is 25.9. The van der Waals surface area contributed by atoms with Crippen molar-refractivity contribution in [1.29, 1.82) is 0 Å². The molecule has 0 bridgehead atoms. The van der Waals surface area contributed by atoms with Crippen LogP contribution >= 0.6 is 10.6 Å². The quantitative estimate of drug-likeness (QED) is 0.437. The molecule has 3 rings (SSSR count). The Kier molecular flexibility index (Phi) is 7.64. The second kappa shape index (κ2) is 10.2. The summed E-state index contributed by atoms with van der Waals surface area (Å²) in [7, 11) is -3.49. The van der Waals surface area contributed by atoms with E-state index < -0.39 is 51.7 Å². The summed E-state index contributed by atoms with van der Waals surface area (Å²) in [4.78, 5) is 20.7. The minimum atomic E-state index is -3.49. The van der Waals surface area contributed by atoms with Crippen molar-refractivity contribution in [2.45, 2.75) is 24.1 Å². The number of pyridine rings is 1. The van der Waals surface area contributed by atoms with Gasteiger partial charge in [-0.15, -0.1) is 0 Å². The first-order valence-electron chi connectivity index (χ1n) is 10.3. The molecule has 188 valence electrons. The lowest BCUT2D eigenvalue weighted by Gasteiger charge is -2.53. The van der Waals surface area contributed by atoms with E-state index in [0.717, 1.165) is 6.07 Å². The number of aromatic nitrogens is 1. The maximum absolute atomic E-state index is 14.8. The van der Waals surface area contributed by atoms with Gasteiger partial charge in [0.1, 0.15) is 53.3 Å². The van der Waals surface area contributed by atoms with E-state index in [1.807, 2.05) is 0 Å². The second-order valence-corrected chi connectivity index (χ2v) is 10.9. The molecular weight excluding hydrogens is 485 g/mol. The van der Waals surface area contributed by atoms with Crippen LogP contribution in [0.3, 0.4) is 0 Å². The number of hydrogen-bond donors (Lipinski definition) is 4. The number of anilines is 1. The lowest BCUT2D eigenvalue weighted by molar-refractivity contribution is 0.102. The second-order valence-electron chi connectivity index (χ2n) is 8.29. The van der Waals surface area contributed by atoms with Gasteiger partial charge in [-0.3, -0.25) is 18.9 Å². The molecule has 2 heterocycles. The molecule has 0 saturated heterocycles. The Balaban J connectivity index is 1.84. The molecule has 0 spiro atoms. The first-order valence-corrected chi connectivity index (χ1v) is 12.1. The van der Waals surface area contributed by atoms with Crippen molar-refractivity contribution in [2.24, 2.45) is 10.7 Å². The highest BCUT2D eigenvalue weighted by atomic mass is 32.3. The third-order valence-corrected chi connectivity index (χ3v) is 8.35. The molecule has 1 aliphatic heterocycles. The number of benzene rings is 1. The number of amides is 1. The number of aliphatic imine (C=N–C) groups is 1. The molecule has 1 aromatic heterocycles. The van der Waals surface area contributed by atoms with Crippen molar-refractivity contribution < 1.29 is 31.8 Å². The van der Waals surface area contributed by atoms with E-state index in [-0.39, 0.29) is 29.4 Å². The Hall–Kier alpha value is -3.27. The molecule has 0 aliphatic carbocycles. The SMILES string of the molecule is CC1(C)C(N)=N[C@@](CF)(c2cc(NC(=O)c3ccc(OCC#CCF)cn3)ccc2F)CS1(O)O. The van der Waals surface area contributed by atoms with Gasteiger partial charge in [-0.05, 0) is 44.2 Å². The number of ether oxygens (including phenoxy) is 1. The predicted molar refractivity (Wildman–Crippen MR) is 129 cm³/mol. The summed E-state index contributed by atoms with van der Waals surface area (Å²) in [5.41, 5.74) is 3.80. The normalized spacial score (nSPS) is 21.2. The number of hydrogen-bond acceptors (Lipinski definition) is 7. The molecule has 35 heavy (non-hydrogen) atoms. The van der Waals surface area contributed by atoms with Crippen LogP contribution in [-0.2, 0) is 5.54 Å². The summed E-state index contributed by atoms with van der Waals surface area (Å²) in [5, 5.41) is 2.54. The van der Waals surface area contributed by atoms with Crippen molar-refractivity contribution in [2.75, 3.05) is 31.0 Å². The van der Waals surface area contributed by atoms with E-state index in [4.69, 9.17) is 10.5 Å². The number of alkyl halides is 2. The smallest absolute Gasteiger partial charge is 0.274 e. The average Bonchev–Trinajstić information content (AvgIpc) is 2.81. The topological polar surface area (TPSA) is 130 Å². The van der Waals surface area contributed by atoms with E-state index in [0.29, 0.717) is 5.75 Å². The number of nitrogens with zero attached hydrogens (tertiary/aromatic N) is 2. The van der Waals surface area contributed by atoms with Crippen molar-refractivity contribution in [3.63, 3.8) is 0 Å². The molecular formula is C23H25F3N4O4S. The minimum Gasteiger partial charge on any atom is -0.479 e. The van der Waals surface area contributed by atoms with Crippen LogP contribution < -0.4 is 15.8 Å². The maximum Gasteiger partial charge on any atom is 0.274 e. The lowest BCUT2D eigenvalue weighted by atomic mass is 9.92. The van der Waals surface area contributed by atoms with E-state index in [2.05, 4.69) is 27.1 Å². The molecule has 1 atom stereocenters. The first-order chi connectivity index (χ1) is 16.5. The van der Waals surface area contributed by atoms with Crippen molar-refractivity contribution in [1.82, 2.24) is 4.98 Å². The van der Waals surface area contributed by atoms with Gasteiger partial charge in [0.05, 0.1) is 11.9 Å². The number of amidine groups is 1. The fourth-order valence-electron chi connectivity index (χ4n) is 3.33. The molecule has 2 aromatic rings. The maximum atomic E-state index is 14.8. The molecule has 5 N–H and O–H groups in total. The summed E-state index contributed by atoms with van der Waals surface area (Å²) in [6.07, 6.45) is 1.28. The summed E-state index contributed by atoms with van der Waals surface area (Å²) < 4.78 is 66.3. The number of nitrogens with one attached hydrogen (secondary N) is 1. The van der Waals surface area contributed by atoms with Gasteiger partial charge in [0, 0.05) is 11.3 Å². The standard InChI is InChI=1S/C23H25F3N4O4S/c1-22(2)21(27)30-23(13-25,14-35(22,32)33)17-11-15(5-7-18(17)26)29-20(31)19-8-6-16(12-28-19)34-10-4-3-9-24/h5-8,11-12,32-33H,9-10,13-14H2,1-2H3,(H2,27,30)(H,29,31)/t23-/m1/s1. The lowest BCUT2D eigenvalue weighted by Crippen LogP contribution is -2.53. The highest BCUT2D eigenvalue weighted by Gasteiger charge is 2.51. The van der Waals surface area contributed by atoms with Crippen LogP contribution in [0, 0.1) is 17.7 Å². The molecule has 1 amide bonds. The van der Waals surface area contributed by atoms with Crippen LogP contribution in [0.4, 0.5) is 18.9 Å². The molecule has 0 unspecified atom stereocenters. The summed E-state index contributed by atoms with van der Waals surface area (Å²) in [5.74, 6) is 2.71. The van der Waals surface area contributed by atoms with E-state index >= 15 is 0 Å². The Morgan fingerprint density at radius 2 is 2.00 bits per heavy atom. The largest absolute Gasteiger partial charge is 0.479 e. The Morgan fingerprint density at radius 3 is 2.60 bits per heavy atom. The summed E-state index contributed by atoms with van der Waals surface area (Å²) in [6, 6.07) is 6.31. The molecule has 1 aliphatic rings. The third-order valence-electron chi connectivity index (χ3n) is 5.63. The zero-order valence-electron chi connectivity index (χ0n) is 19.0. The van der Waals surface area contributed by atoms with Gasteiger partial charge in [-0.2, -0.15) is 10.6 Å². The van der Waals surface area contributed by atoms with Gasteiger partial charge in [0.15, 0.2) is 0 Å². The number of halogens is 3. The summed E-state index contributed by atoms with van der Waals surface area (Å²) in [6.45, 7) is 0.875. The minimum absolute atomic E-state index is 0.00845. The van der Waals surface area contributed by atoms with Crippen LogP contribution in [0.2, 0.25) is 0 Å². The fraction of sp³-hybridized carbons (Fsp3) is 0.348. The Morgan fingerprint density at radius 1 is 1.26 bits per heavy atom. The van der Waals surface area contributed by atoms with E-state index in [9.17, 15) is 27.1 Å². The highest BCUT2D eigenvalue weighted by Crippen LogP contribution is 2.59. The summed E-state index contributed by atoms with van der Waals surface area (Å²) >= 11 is 0. The monoisotopic (exact) mass is 510 g/mol. The fourth-order valence-corrected chi connectivity index (χ4v) is 5.03. The van der Waals surface area contributed by atoms with Crippen LogP contribution in [0.15, 0.2) is 41.5 Å². The van der Waals surface area contributed by atoms with E-state index in [1.165, 1.54) is 44.3 Å². The van der Waals surface area contributed by atoms with Crippen molar-refractivity contribution in [3.8, 4) is 17.6 Å². The van der Waals surface area contributed by atoms with Gasteiger partial charge < -0.3 is 15.8 Å². The number of rotatable bonds is 6. The number of carbonyl (C=O) groups is 1. The molecule has 0 saturated carbocycles. The molecule has 0 fully saturated rings. The van der Waals surface area contributed by atoms with Crippen LogP contribution in [-0.4, -0.2) is 56.3 Å². The first kappa shape index (κ1) is 26.3. The van der Waals surface area contributed by atoms with E-state index in [1.54, 1.807) is 0 Å². The van der Waals surface area contributed by atoms with Gasteiger partial charge in [0.2, 0.25) is 0 Å². The molecule has 1 aromatic carbocycles. The number of nitrogens with two attached hydrogens (primary N) is 1. The van der Waals surface area contributed by atoms with Gasteiger partial charge >= 0.3 is 0 Å². The molecule has 12 heteroatoms. The van der Waals surface area contributed by atoms with Crippen LogP contribution in [0.1, 0.15) is 29.9 Å². The van der Waals surface area contributed by atoms with Crippen LogP contribution in [0.25, 0.3) is 0 Å². The predicted octanol–water partition coefficient (Wildman–Crippen LogP) is 3.89. The zero-order valence-corrected chi connectivity index (χ0v) is 19.8. The van der Waals surface area contributed by atoms with Crippen molar-refractivity contribution in [3.05, 3.63) is 53.6 Å². The van der Waals surface area contributed by atoms with Gasteiger partial charge in [0.25, 0.3) is 5.91 Å². The van der Waals surface area contributed by atoms with Crippen LogP contribution in [0.5, 0.6) is 5.75 Å².